The van der Waals surface area contributed by atoms with Gasteiger partial charge >= 0.3 is 5.97 Å². The van der Waals surface area contributed by atoms with E-state index in [2.05, 4.69) is 0 Å². The van der Waals surface area contributed by atoms with Gasteiger partial charge in [-0.15, -0.1) is 0 Å². The first-order valence-electron chi connectivity index (χ1n) is 20.6. The van der Waals surface area contributed by atoms with Crippen molar-refractivity contribution in [1.29, 1.82) is 0 Å². The highest BCUT2D eigenvalue weighted by atomic mass is 32.2. The third-order valence-corrected chi connectivity index (χ3v) is 15.0. The Bertz CT molecular complexity index is 3060. The molecule has 3 aliphatic heterocycles. The van der Waals surface area contributed by atoms with Crippen molar-refractivity contribution in [2.24, 2.45) is 0 Å². The molecule has 0 saturated heterocycles. The summed E-state index contributed by atoms with van der Waals surface area (Å²) in [6.45, 7) is 8.12. The zero-order valence-corrected chi connectivity index (χ0v) is 39.7. The minimum Gasteiger partial charge on any atom is -0.489 e. The number of benzene rings is 3. The quantitative estimate of drug-likeness (QED) is 0.0519. The van der Waals surface area contributed by atoms with Gasteiger partial charge in [0, 0.05) is 59.5 Å². The van der Waals surface area contributed by atoms with Crippen molar-refractivity contribution in [1.82, 2.24) is 0 Å². The lowest BCUT2D eigenvalue weighted by Gasteiger charge is -2.27. The molecule has 0 bridgehead atoms. The minimum absolute atomic E-state index is 0.0157. The SMILES string of the molecule is CC1(C)C(/C=C/C2=C(Oc3ccc(C(=O)O)cc3)C(=C\C=C3/N(CCCCS(=O)(=O)O)c4ccc(S(=O)(=O)O)cc4C3(C)C)/OCC2)=[N+](CCCCS(=O)(=O)O)c2ccc(S(=O)(=O)O)cc21. The number of fused-ring (bicyclic) bond motifs is 2. The molecule has 0 saturated carbocycles. The van der Waals surface area contributed by atoms with Crippen LogP contribution in [0, 0.1) is 0 Å². The van der Waals surface area contributed by atoms with E-state index in [4.69, 9.17) is 9.47 Å². The van der Waals surface area contributed by atoms with E-state index in [1.165, 1.54) is 48.5 Å². The summed E-state index contributed by atoms with van der Waals surface area (Å²) in [4.78, 5) is 12.9. The van der Waals surface area contributed by atoms with Crippen LogP contribution in [0.5, 0.6) is 5.75 Å². The number of aromatic carboxylic acids is 1. The van der Waals surface area contributed by atoms with Crippen molar-refractivity contribution in [2.75, 3.05) is 36.1 Å². The number of carbonyl (C=O) groups is 1. The van der Waals surface area contributed by atoms with E-state index in [-0.39, 0.29) is 65.2 Å². The van der Waals surface area contributed by atoms with Gasteiger partial charge in [-0.2, -0.15) is 38.2 Å². The van der Waals surface area contributed by atoms with E-state index >= 15 is 0 Å². The zero-order chi connectivity index (χ0) is 48.6. The fourth-order valence-corrected chi connectivity index (χ4v) is 10.5. The molecule has 356 valence electrons. The molecule has 0 aromatic heterocycles. The number of carboxylic acids is 1. The van der Waals surface area contributed by atoms with Gasteiger partial charge in [-0.25, -0.2) is 4.79 Å². The first kappa shape index (κ1) is 50.2. The minimum atomic E-state index is -4.58. The van der Waals surface area contributed by atoms with Crippen LogP contribution in [0.3, 0.4) is 0 Å². The lowest BCUT2D eigenvalue weighted by Crippen LogP contribution is -2.28. The highest BCUT2D eigenvalue weighted by Gasteiger charge is 2.45. The molecule has 0 spiro atoms. The van der Waals surface area contributed by atoms with Crippen LogP contribution in [-0.2, 0) is 56.0 Å². The maximum atomic E-state index is 12.2. The highest BCUT2D eigenvalue weighted by molar-refractivity contribution is 7.86. The second-order valence-electron chi connectivity index (χ2n) is 17.0. The predicted molar refractivity (Wildman–Crippen MR) is 244 cm³/mol. The Kier molecular flexibility index (Phi) is 14.3. The van der Waals surface area contributed by atoms with Crippen LogP contribution in [-0.4, -0.2) is 104 Å². The van der Waals surface area contributed by atoms with Gasteiger partial charge in [-0.05, 0) is 111 Å². The summed E-state index contributed by atoms with van der Waals surface area (Å²) in [7, 11) is -17.6. The van der Waals surface area contributed by atoms with Gasteiger partial charge in [0.25, 0.3) is 40.5 Å². The van der Waals surface area contributed by atoms with Gasteiger partial charge in [0.2, 0.25) is 5.69 Å². The Morgan fingerprint density at radius 1 is 0.742 bits per heavy atom. The Balaban J connectivity index is 1.48. The molecule has 6 rings (SSSR count). The van der Waals surface area contributed by atoms with E-state index < -0.39 is 68.8 Å². The van der Waals surface area contributed by atoms with Crippen LogP contribution < -0.4 is 9.64 Å². The van der Waals surface area contributed by atoms with Crippen molar-refractivity contribution >= 4 is 63.5 Å². The van der Waals surface area contributed by atoms with E-state index in [0.29, 0.717) is 58.7 Å². The number of hydrogen-bond acceptors (Lipinski definition) is 12. The average molecular weight is 992 g/mol. The molecule has 3 aliphatic rings. The molecule has 66 heavy (non-hydrogen) atoms. The highest BCUT2D eigenvalue weighted by Crippen LogP contribution is 2.49. The number of allylic oxidation sites excluding steroid dienone is 5. The van der Waals surface area contributed by atoms with Gasteiger partial charge in [0.15, 0.2) is 17.2 Å². The van der Waals surface area contributed by atoms with E-state index in [1.54, 1.807) is 30.4 Å². The second kappa shape index (κ2) is 18.8. The molecule has 5 N–H and O–H groups in total. The van der Waals surface area contributed by atoms with E-state index in [9.17, 15) is 61.8 Å². The number of ether oxygens (including phenoxy) is 2. The molecule has 22 heteroatoms. The Hall–Kier alpha value is -5.20. The standard InChI is InChI=1S/C44H50N2O16S4/c1-43(2)34-27-32(65(55,56)57)14-16-36(34)45(22-5-7-25-63(49,50)51)39(43)19-11-29-21-24-61-38(41(29)62-31-12-9-30(10-13-31)42(47)48)18-20-40-44(3,4)35-28-33(66(58,59)60)15-17-37(35)46(40)23-6-8-26-64(52,53)54/h9-20,27-28H,5-8,21-26H2,1-4H3,(H4-,47,48,49,50,51,52,53,54,55,56,57,58,59,60)/p+1. The predicted octanol–water partition coefficient (Wildman–Crippen LogP) is 6.47. The number of hydrogen-bond donors (Lipinski definition) is 5. The Morgan fingerprint density at radius 3 is 1.92 bits per heavy atom. The summed E-state index contributed by atoms with van der Waals surface area (Å²) in [6.07, 6.45) is 8.22. The smallest absolute Gasteiger partial charge is 0.335 e. The third kappa shape index (κ3) is 11.5. The topological polar surface area (TPSA) is 279 Å². The summed E-state index contributed by atoms with van der Waals surface area (Å²) in [5, 5.41) is 9.54. The number of rotatable bonds is 18. The first-order valence-corrected chi connectivity index (χ1v) is 26.7. The van der Waals surface area contributed by atoms with E-state index in [0.717, 1.165) is 0 Å². The molecule has 0 fully saturated rings. The van der Waals surface area contributed by atoms with Crippen molar-refractivity contribution in [2.45, 2.75) is 80.4 Å². The summed E-state index contributed by atoms with van der Waals surface area (Å²) >= 11 is 0. The van der Waals surface area contributed by atoms with Gasteiger partial charge in [-0.3, -0.25) is 18.2 Å². The summed E-state index contributed by atoms with van der Waals surface area (Å²) in [6, 6.07) is 14.1. The van der Waals surface area contributed by atoms with Crippen LogP contribution in [0.1, 0.15) is 81.3 Å². The average Bonchev–Trinajstić information content (AvgIpc) is 3.56. The maximum absolute atomic E-state index is 12.2. The monoisotopic (exact) mass is 991 g/mol. The maximum Gasteiger partial charge on any atom is 0.335 e. The van der Waals surface area contributed by atoms with Crippen LogP contribution >= 0.6 is 0 Å². The Morgan fingerprint density at radius 2 is 1.33 bits per heavy atom. The molecule has 0 aliphatic carbocycles. The second-order valence-corrected chi connectivity index (χ2v) is 23.0. The van der Waals surface area contributed by atoms with Crippen LogP contribution in [0.2, 0.25) is 0 Å². The van der Waals surface area contributed by atoms with Crippen LogP contribution in [0.4, 0.5) is 11.4 Å². The van der Waals surface area contributed by atoms with Crippen molar-refractivity contribution in [3.8, 4) is 5.75 Å². The molecular formula is C44H51N2O16S4+. The largest absolute Gasteiger partial charge is 0.489 e. The number of anilines is 1. The molecule has 3 heterocycles. The van der Waals surface area contributed by atoms with Crippen molar-refractivity contribution in [3.63, 3.8) is 0 Å². The molecule has 0 amide bonds. The van der Waals surface area contributed by atoms with Gasteiger partial charge in [0.1, 0.15) is 12.3 Å². The van der Waals surface area contributed by atoms with Gasteiger partial charge < -0.3 is 19.5 Å². The van der Waals surface area contributed by atoms with Gasteiger partial charge in [-0.1, -0.05) is 13.8 Å². The molecule has 0 atom stereocenters. The summed E-state index contributed by atoms with van der Waals surface area (Å²) < 4.78 is 148. The molecule has 3 aromatic carbocycles. The molecular weight excluding hydrogens is 941 g/mol. The molecule has 3 aromatic rings. The fourth-order valence-electron chi connectivity index (χ4n) is 8.35. The van der Waals surface area contributed by atoms with Gasteiger partial charge in [0.05, 0.1) is 38.9 Å². The number of carboxylic acid groups (broad SMARTS) is 1. The molecule has 0 unspecified atom stereocenters. The van der Waals surface area contributed by atoms with E-state index in [1.807, 2.05) is 43.2 Å². The molecule has 0 radical (unpaired) electrons. The normalized spacial score (nSPS) is 18.6. The molecule has 18 nitrogen and oxygen atoms in total. The Labute approximate surface area is 384 Å². The number of unbranched alkanes of at least 4 members (excludes halogenated alkanes) is 2. The first-order chi connectivity index (χ1) is 30.6. The zero-order valence-electron chi connectivity index (χ0n) is 36.4. The lowest BCUT2D eigenvalue weighted by molar-refractivity contribution is -0.438. The lowest BCUT2D eigenvalue weighted by atomic mass is 9.81. The number of nitrogens with zero attached hydrogens (tertiary/aromatic N) is 2. The summed E-state index contributed by atoms with van der Waals surface area (Å²) in [5.41, 5.74) is 2.52. The van der Waals surface area contributed by atoms with Crippen LogP contribution in [0.25, 0.3) is 0 Å². The summed E-state index contributed by atoms with van der Waals surface area (Å²) in [5.74, 6) is -1.34. The fraction of sp³-hybridized carbons (Fsp3) is 0.364. The van der Waals surface area contributed by atoms with Crippen LogP contribution in [0.15, 0.2) is 118 Å². The van der Waals surface area contributed by atoms with Crippen molar-refractivity contribution in [3.05, 3.63) is 124 Å². The van der Waals surface area contributed by atoms with Crippen molar-refractivity contribution < 1.29 is 75.8 Å². The third-order valence-electron chi connectivity index (χ3n) is 11.7.